The Morgan fingerprint density at radius 3 is 0.919 bits per heavy atom. The fraction of sp³-hybridized carbons (Fsp3) is 0.0152. The van der Waals surface area contributed by atoms with Crippen molar-refractivity contribution in [2.45, 2.75) is 10.8 Å². The zero-order valence-corrected chi connectivity index (χ0v) is 74.5. The lowest BCUT2D eigenvalue weighted by Gasteiger charge is -2.34. The second-order valence-electron chi connectivity index (χ2n) is 35.5. The van der Waals surface area contributed by atoms with Gasteiger partial charge in [0, 0.05) is 55.2 Å². The van der Waals surface area contributed by atoms with E-state index in [9.17, 15) is 0 Å². The van der Waals surface area contributed by atoms with Crippen LogP contribution in [0, 0.1) is 0 Å². The van der Waals surface area contributed by atoms with Crippen LogP contribution >= 0.6 is 0 Å². The van der Waals surface area contributed by atoms with E-state index in [1.165, 1.54) is 122 Å². The fourth-order valence-electron chi connectivity index (χ4n) is 22.0. The molecule has 0 N–H and O–H groups in total. The number of fused-ring (bicyclic) bond motifs is 13. The Hall–Kier alpha value is -17.7. The molecule has 0 amide bonds. The summed E-state index contributed by atoms with van der Waals surface area (Å²) in [5, 5.41) is 6.94. The third-order valence-corrected chi connectivity index (χ3v) is 28.2. The summed E-state index contributed by atoms with van der Waals surface area (Å²) in [6.45, 7) is 0. The summed E-state index contributed by atoms with van der Waals surface area (Å²) < 4.78 is 12.6. The van der Waals surface area contributed by atoms with E-state index in [-0.39, 0.29) is 0 Å². The summed E-state index contributed by atoms with van der Waals surface area (Å²) in [6.07, 6.45) is 0. The molecule has 0 saturated heterocycles. The van der Waals surface area contributed by atoms with Crippen molar-refractivity contribution < 1.29 is 8.83 Å². The largest absolute Gasteiger partial charge is 0.456 e. The molecule has 638 valence electrons. The predicted octanol–water partition coefficient (Wildman–Crippen LogP) is 35.7. The molecule has 2 aliphatic carbocycles. The first-order valence-corrected chi connectivity index (χ1v) is 46.8. The van der Waals surface area contributed by atoms with Gasteiger partial charge in [-0.1, -0.05) is 443 Å². The molecule has 4 heteroatoms. The molecular formula is C132H88N2O2. The Kier molecular flexibility index (Phi) is 20.0. The van der Waals surface area contributed by atoms with E-state index >= 15 is 0 Å². The summed E-state index contributed by atoms with van der Waals surface area (Å²) in [5.41, 5.74) is 40.4. The van der Waals surface area contributed by atoms with E-state index in [2.05, 4.69) is 519 Å². The van der Waals surface area contributed by atoms with Crippen molar-refractivity contribution in [1.82, 2.24) is 0 Å². The zero-order chi connectivity index (χ0) is 90.0. The standard InChI is InChI=1S/C71H47NO.C61H41NO/c1-3-20-55(21-4-1)71(56-22-5-2-6-23-56)64-29-13-9-27-62(64)70-61(28-17-30-65(70)71)59-25-11-15-32-67(59)72(66-31-14-10-24-58(66)54-42-45-69-63(47-54)60-26-12-16-33-68(60)73-69)57-43-40-50(41-44-57)49-34-36-51(37-35-49)53-39-38-48-18-7-8-19-52(48)46-53;1-4-17-42(18-5-1)43-31-33-44(34-32-43)45-35-38-49(39-36-45)62(56-28-14-11-23-50(56)46-37-40-59-53(41-46)51-24-12-15-30-58(51)63-59)57-29-16-27-55-60(57)52-25-10-13-26-54(52)61(55,47-19-6-2-7-20-47)48-21-8-3-9-22-48/h1-47H;1-41H. The fourth-order valence-corrected chi connectivity index (χ4v) is 22.0. The second-order valence-corrected chi connectivity index (χ2v) is 35.5. The van der Waals surface area contributed by atoms with Gasteiger partial charge >= 0.3 is 0 Å². The number of benzene rings is 22. The van der Waals surface area contributed by atoms with Crippen molar-refractivity contribution in [3.8, 4) is 100 Å². The van der Waals surface area contributed by atoms with Crippen LogP contribution in [0.3, 0.4) is 0 Å². The molecular weight excluding hydrogens is 1650 g/mol. The predicted molar refractivity (Wildman–Crippen MR) is 567 cm³/mol. The van der Waals surface area contributed by atoms with Gasteiger partial charge in [0.1, 0.15) is 22.3 Å². The third-order valence-electron chi connectivity index (χ3n) is 28.2. The molecule has 0 saturated carbocycles. The summed E-state index contributed by atoms with van der Waals surface area (Å²) in [5.74, 6) is 0. The Bertz CT molecular complexity index is 8540. The van der Waals surface area contributed by atoms with E-state index in [1.54, 1.807) is 0 Å². The van der Waals surface area contributed by atoms with Crippen LogP contribution in [0.2, 0.25) is 0 Å². The normalized spacial score (nSPS) is 12.5. The molecule has 24 aromatic rings. The van der Waals surface area contributed by atoms with Crippen molar-refractivity contribution >= 4 is 88.8 Å². The van der Waals surface area contributed by atoms with Crippen LogP contribution in [0.5, 0.6) is 0 Å². The maximum Gasteiger partial charge on any atom is 0.135 e. The summed E-state index contributed by atoms with van der Waals surface area (Å²) in [7, 11) is 0. The van der Waals surface area contributed by atoms with E-state index in [1.807, 2.05) is 24.3 Å². The minimum atomic E-state index is -0.529. The number of para-hydroxylation sites is 5. The van der Waals surface area contributed by atoms with Gasteiger partial charge in [-0.2, -0.15) is 0 Å². The van der Waals surface area contributed by atoms with Crippen molar-refractivity contribution in [1.29, 1.82) is 0 Å². The van der Waals surface area contributed by atoms with Crippen LogP contribution in [0.1, 0.15) is 44.5 Å². The van der Waals surface area contributed by atoms with Crippen LogP contribution in [0.15, 0.2) is 543 Å². The van der Waals surface area contributed by atoms with Gasteiger partial charge in [-0.05, 0) is 224 Å². The lowest BCUT2D eigenvalue weighted by atomic mass is 9.67. The van der Waals surface area contributed by atoms with Gasteiger partial charge < -0.3 is 18.6 Å². The highest BCUT2D eigenvalue weighted by molar-refractivity contribution is 6.10. The highest BCUT2D eigenvalue weighted by atomic mass is 16.3. The molecule has 26 rings (SSSR count). The van der Waals surface area contributed by atoms with Gasteiger partial charge in [-0.15, -0.1) is 0 Å². The molecule has 2 heterocycles. The number of anilines is 6. The van der Waals surface area contributed by atoms with Gasteiger partial charge in [-0.3, -0.25) is 0 Å². The molecule has 22 aromatic carbocycles. The zero-order valence-electron chi connectivity index (χ0n) is 74.5. The van der Waals surface area contributed by atoms with Gasteiger partial charge in [0.25, 0.3) is 0 Å². The summed E-state index contributed by atoms with van der Waals surface area (Å²) in [4.78, 5) is 4.95. The minimum Gasteiger partial charge on any atom is -0.456 e. The van der Waals surface area contributed by atoms with Gasteiger partial charge in [0.2, 0.25) is 0 Å². The second kappa shape index (κ2) is 33.9. The monoisotopic (exact) mass is 1730 g/mol. The SMILES string of the molecule is c1ccc(-c2ccc(-c3ccc(N(c4ccccc4-c4ccc5oc6ccccc6c5c4)c4cccc5c4-c4ccccc4C5(c4ccccc4)c4ccccc4)cc3)cc2)cc1.c1ccc(C2(c3ccccc3)c3ccccc3-c3c(-c4ccccc4N(c4ccc(-c5ccc(-c6ccc7ccccc7c6)cc5)cc4)c4ccccc4-c4ccc5oc6ccccc6c5c4)cccc32)cc1. The molecule has 136 heavy (non-hydrogen) atoms. The number of hydrogen-bond acceptors (Lipinski definition) is 4. The van der Waals surface area contributed by atoms with Gasteiger partial charge in [-0.25, -0.2) is 0 Å². The Morgan fingerprint density at radius 2 is 0.449 bits per heavy atom. The molecule has 0 radical (unpaired) electrons. The van der Waals surface area contributed by atoms with Crippen LogP contribution in [-0.4, -0.2) is 0 Å². The number of hydrogen-bond donors (Lipinski definition) is 0. The van der Waals surface area contributed by atoms with E-state index in [4.69, 9.17) is 8.83 Å². The summed E-state index contributed by atoms with van der Waals surface area (Å²) in [6, 6.07) is 195. The van der Waals surface area contributed by atoms with Crippen LogP contribution in [-0.2, 0) is 10.8 Å². The average Bonchev–Trinajstić information content (AvgIpc) is 1.53. The van der Waals surface area contributed by atoms with Crippen molar-refractivity contribution in [2.24, 2.45) is 0 Å². The van der Waals surface area contributed by atoms with E-state index in [0.29, 0.717) is 0 Å². The van der Waals surface area contributed by atoms with Crippen LogP contribution in [0.4, 0.5) is 34.1 Å². The Labute approximate surface area is 791 Å². The van der Waals surface area contributed by atoms with Crippen LogP contribution in [0.25, 0.3) is 155 Å². The average molecular weight is 1730 g/mol. The minimum absolute atomic E-state index is 0.523. The highest BCUT2D eigenvalue weighted by Crippen LogP contribution is 2.63. The Balaban J connectivity index is 0.000000146. The first-order valence-electron chi connectivity index (χ1n) is 46.8. The lowest BCUT2D eigenvalue weighted by Crippen LogP contribution is -2.28. The molecule has 2 aromatic heterocycles. The molecule has 0 bridgehead atoms. The molecule has 0 unspecified atom stereocenters. The molecule has 0 atom stereocenters. The number of rotatable bonds is 17. The lowest BCUT2D eigenvalue weighted by molar-refractivity contribution is 0.668. The van der Waals surface area contributed by atoms with Crippen molar-refractivity contribution in [3.63, 3.8) is 0 Å². The van der Waals surface area contributed by atoms with E-state index < -0.39 is 10.8 Å². The topological polar surface area (TPSA) is 32.8 Å². The Morgan fingerprint density at radius 1 is 0.154 bits per heavy atom. The smallest absolute Gasteiger partial charge is 0.135 e. The van der Waals surface area contributed by atoms with Crippen LogP contribution < -0.4 is 9.80 Å². The van der Waals surface area contributed by atoms with Crippen molar-refractivity contribution in [2.75, 3.05) is 9.80 Å². The van der Waals surface area contributed by atoms with Gasteiger partial charge in [0.15, 0.2) is 0 Å². The maximum absolute atomic E-state index is 6.34. The van der Waals surface area contributed by atoms with Gasteiger partial charge in [0.05, 0.1) is 33.6 Å². The number of nitrogens with zero attached hydrogens (tertiary/aromatic N) is 2. The number of furan rings is 2. The quantitative estimate of drug-likeness (QED) is 0.0910. The highest BCUT2D eigenvalue weighted by Gasteiger charge is 2.49. The molecule has 0 spiro atoms. The first kappa shape index (κ1) is 80.4. The third kappa shape index (κ3) is 13.6. The first-order chi connectivity index (χ1) is 67.5. The summed E-state index contributed by atoms with van der Waals surface area (Å²) >= 11 is 0. The molecule has 2 aliphatic rings. The van der Waals surface area contributed by atoms with E-state index in [0.717, 1.165) is 111 Å². The maximum atomic E-state index is 6.34. The van der Waals surface area contributed by atoms with Crippen molar-refractivity contribution in [3.05, 3.63) is 578 Å². The molecule has 0 aliphatic heterocycles. The molecule has 0 fully saturated rings. The molecule has 4 nitrogen and oxygen atoms in total.